The van der Waals surface area contributed by atoms with Crippen LogP contribution in [0.15, 0.2) is 23.8 Å². The van der Waals surface area contributed by atoms with Crippen LogP contribution in [0.25, 0.3) is 0 Å². The second-order valence-electron chi connectivity index (χ2n) is 26.6. The van der Waals surface area contributed by atoms with E-state index in [0.29, 0.717) is 44.9 Å². The third kappa shape index (κ3) is 14.6. The Morgan fingerprint density at radius 3 is 1.83 bits per heavy atom. The number of aliphatic hydroxyl groups is 9. The number of carbonyl (C=O) groups is 2. The number of hydrogen-bond donors (Lipinski definition) is 9. The normalized spacial score (nSPS) is 46.6. The Hall–Kier alpha value is -0.560. The molecule has 28 atom stereocenters. The molecule has 9 N–H and O–H groups in total. The Labute approximate surface area is 567 Å². The maximum atomic E-state index is 14.7. The van der Waals surface area contributed by atoms with Gasteiger partial charge < -0.3 is 107 Å². The molecule has 0 unspecified atom stereocenters. The number of rotatable bonds is 21. The molecule has 5 heterocycles. The maximum absolute atomic E-state index is 14.7. The zero-order chi connectivity index (χ0) is 64.8. The number of methoxy groups -OCH3 is 1. The summed E-state index contributed by atoms with van der Waals surface area (Å²) in [6.07, 6.45) is -30.2. The molecule has 4 aliphatic carbocycles. The van der Waals surface area contributed by atoms with Crippen molar-refractivity contribution in [2.24, 2.45) is 39.4 Å². The molecule has 5 saturated heterocycles. The van der Waals surface area contributed by atoms with Gasteiger partial charge in [0.15, 0.2) is 25.2 Å². The first kappa shape index (κ1) is 76.8. The van der Waals surface area contributed by atoms with Crippen molar-refractivity contribution in [3.05, 3.63) is 23.8 Å². The fourth-order valence-electron chi connectivity index (χ4n) is 16.7. The standard InChI is InChI=1S/C56H88O30S2.2Na/c1-24(2)11-10-16-55(8)46-29(78-25(3)58)19-54(7)27-12-13-33-52(4,5)34(15-17-53(33,6)26(27)14-18-56(46,54)51(67)86-55)82-50-45(35(60)28(59)21-75-50)85-47-39(64)38(63)42(30(20-57)79-47)83-49-41(66)44(37(62)32(81-49)23-77-88(71,72)73)84-48-40(65)43(74-9)36(61)31(80-48)22-76-87(68,69)70;;/h12,26,28-50,57,59-66H,1,10-11,13-23H2,2-9H3,(H,68,69,70)(H,71,72,73);;/q;2*+1/p-2/t26-,28+,29-,30+,31+,32+,33-,34-,35-,36+,37+,38+,39+,40+,41+,42+,43-,44-,45+,46+,47-,48-,49-,50-,53+,54-,55-,56+;;/m0../s1. The van der Waals surface area contributed by atoms with Gasteiger partial charge >= 0.3 is 71.1 Å². The van der Waals surface area contributed by atoms with Crippen molar-refractivity contribution in [1.82, 2.24) is 0 Å². The smallest absolute Gasteiger partial charge is 0.726 e. The minimum Gasteiger partial charge on any atom is -0.726 e. The van der Waals surface area contributed by atoms with Gasteiger partial charge in [-0.15, -0.1) is 6.58 Å². The third-order valence-corrected chi connectivity index (χ3v) is 21.7. The minimum atomic E-state index is -5.50. The summed E-state index contributed by atoms with van der Waals surface area (Å²) in [5, 5.41) is 101. The Kier molecular flexibility index (Phi) is 24.8. The molecular formula is C56H86Na2O30S2. The minimum absolute atomic E-state index is 0. The van der Waals surface area contributed by atoms with Crippen LogP contribution in [0.1, 0.15) is 106 Å². The Bertz CT molecular complexity index is 2800. The van der Waals surface area contributed by atoms with Gasteiger partial charge in [-0.05, 0) is 94.3 Å². The molecule has 9 aliphatic rings. The van der Waals surface area contributed by atoms with Crippen LogP contribution in [0.5, 0.6) is 0 Å². The molecule has 0 aromatic rings. The van der Waals surface area contributed by atoms with E-state index in [0.717, 1.165) is 25.5 Å². The summed E-state index contributed by atoms with van der Waals surface area (Å²) in [7, 11) is -9.87. The first-order valence-electron chi connectivity index (χ1n) is 29.7. The van der Waals surface area contributed by atoms with Gasteiger partial charge in [-0.3, -0.25) is 18.0 Å². The quantitative estimate of drug-likeness (QED) is 0.0169. The van der Waals surface area contributed by atoms with Crippen LogP contribution in [-0.4, -0.2) is 252 Å². The zero-order valence-corrected chi connectivity index (χ0v) is 57.9. The molecule has 0 amide bonds. The van der Waals surface area contributed by atoms with Gasteiger partial charge in [0.2, 0.25) is 20.8 Å². The van der Waals surface area contributed by atoms with Crippen LogP contribution in [0.2, 0.25) is 0 Å². The van der Waals surface area contributed by atoms with Gasteiger partial charge in [-0.1, -0.05) is 44.9 Å². The molecule has 30 nitrogen and oxygen atoms in total. The summed E-state index contributed by atoms with van der Waals surface area (Å²) in [5.74, 6) is -1.04. The maximum Gasteiger partial charge on any atom is 1.00 e. The van der Waals surface area contributed by atoms with E-state index in [4.69, 9.17) is 52.1 Å². The van der Waals surface area contributed by atoms with Gasteiger partial charge in [-0.2, -0.15) is 0 Å². The summed E-state index contributed by atoms with van der Waals surface area (Å²) >= 11 is 0. The van der Waals surface area contributed by atoms with E-state index in [2.05, 4.69) is 48.7 Å². The van der Waals surface area contributed by atoms with Crippen molar-refractivity contribution in [1.29, 1.82) is 0 Å². The molecule has 9 rings (SSSR count). The van der Waals surface area contributed by atoms with E-state index in [-0.39, 0.29) is 88.3 Å². The molecular weight excluding hydrogens is 1260 g/mol. The monoisotopic (exact) mass is 1350 g/mol. The number of aliphatic hydroxyl groups excluding tert-OH is 9. The average Bonchev–Trinajstić information content (AvgIpc) is 1.46. The molecule has 0 aromatic carbocycles. The largest absolute Gasteiger partial charge is 1.00 e. The number of allylic oxidation sites excluding steroid dienone is 3. The van der Waals surface area contributed by atoms with Crippen LogP contribution in [0, 0.1) is 39.4 Å². The fourth-order valence-corrected chi connectivity index (χ4v) is 17.3. The number of esters is 2. The van der Waals surface area contributed by atoms with E-state index >= 15 is 0 Å². The van der Waals surface area contributed by atoms with Crippen LogP contribution in [-0.2, 0) is 90.9 Å². The van der Waals surface area contributed by atoms with Crippen LogP contribution >= 0.6 is 0 Å². The SMILES string of the molecule is C=C(C)CCC[C@]1(C)OC(=O)[C@]23CC[C@H]4C(=CC[C@H]5C(C)(C)[C@@H](O[C@@H]6OC[C@@H](O)[C@H](O)[C@H]6O[C@@H]6O[C@H](CO)[C@@H](O[C@@H]7O[C@H](COS(=O)(=O)[O-])[C@@H](O)[C@H](O[C@@H]8O[C@H](COS(=O)(=O)[O-])[C@@H](O)[C@H](OC)[C@H]8O)[C@H]7O)[C@H](O)[C@H]6O)CC[C@]45C)[C@]2(C)C[C@H](OC(C)=O)[C@@H]31.[Na+].[Na+]. The van der Waals surface area contributed by atoms with E-state index in [1.165, 1.54) is 12.5 Å². The predicted molar refractivity (Wildman–Crippen MR) is 290 cm³/mol. The number of fused-ring (bicyclic) bond motifs is 4. The van der Waals surface area contributed by atoms with E-state index in [1.54, 1.807) is 0 Å². The van der Waals surface area contributed by atoms with Crippen molar-refractivity contribution >= 4 is 32.7 Å². The molecule has 5 aliphatic heterocycles. The predicted octanol–water partition coefficient (Wildman–Crippen LogP) is -7.90. The second-order valence-corrected chi connectivity index (χ2v) is 28.7. The van der Waals surface area contributed by atoms with Gasteiger partial charge in [0, 0.05) is 19.4 Å². The van der Waals surface area contributed by atoms with Crippen molar-refractivity contribution in [3.63, 3.8) is 0 Å². The number of ether oxygens (including phenoxy) is 11. The van der Waals surface area contributed by atoms with Gasteiger partial charge in [0.25, 0.3) is 0 Å². The summed E-state index contributed by atoms with van der Waals surface area (Å²) in [4.78, 5) is 27.4. The van der Waals surface area contributed by atoms with Crippen molar-refractivity contribution in [2.75, 3.05) is 33.5 Å². The van der Waals surface area contributed by atoms with E-state index < -0.39 is 204 Å². The Balaban J connectivity index is 0.00000576. The summed E-state index contributed by atoms with van der Waals surface area (Å²) in [6, 6.07) is 0. The van der Waals surface area contributed by atoms with Crippen molar-refractivity contribution < 1.29 is 201 Å². The molecule has 1 spiro atoms. The summed E-state index contributed by atoms with van der Waals surface area (Å²) in [5.41, 5.74) is -1.25. The van der Waals surface area contributed by atoms with Crippen molar-refractivity contribution in [3.8, 4) is 0 Å². The number of hydrogen-bond acceptors (Lipinski definition) is 30. The van der Waals surface area contributed by atoms with Crippen LogP contribution in [0.4, 0.5) is 0 Å². The third-order valence-electron chi connectivity index (χ3n) is 20.8. The Morgan fingerprint density at radius 2 is 1.27 bits per heavy atom. The number of cyclic esters (lactones) is 1. The van der Waals surface area contributed by atoms with Gasteiger partial charge in [0.05, 0.1) is 43.9 Å². The first-order valence-corrected chi connectivity index (χ1v) is 32.4. The molecule has 8 fully saturated rings. The first-order chi connectivity index (χ1) is 41.0. The Morgan fingerprint density at radius 1 is 0.711 bits per heavy atom. The molecule has 0 aromatic heterocycles. The van der Waals surface area contributed by atoms with Gasteiger partial charge in [0.1, 0.15) is 103 Å². The topological polar surface area (TPSA) is 451 Å². The molecule has 504 valence electrons. The zero-order valence-electron chi connectivity index (χ0n) is 52.2. The molecule has 3 saturated carbocycles. The molecule has 34 heteroatoms. The molecule has 90 heavy (non-hydrogen) atoms. The van der Waals surface area contributed by atoms with Crippen LogP contribution in [0.3, 0.4) is 0 Å². The number of carbonyl (C=O) groups excluding carboxylic acids is 2. The van der Waals surface area contributed by atoms with Crippen LogP contribution < -0.4 is 59.1 Å². The molecule has 0 radical (unpaired) electrons. The summed E-state index contributed by atoms with van der Waals surface area (Å²) in [6.45, 7) is 14.1. The summed E-state index contributed by atoms with van der Waals surface area (Å²) < 4.78 is 142. The van der Waals surface area contributed by atoms with Gasteiger partial charge in [-0.25, -0.2) is 16.8 Å². The van der Waals surface area contributed by atoms with E-state index in [9.17, 15) is 81.5 Å². The van der Waals surface area contributed by atoms with Crippen molar-refractivity contribution in [2.45, 2.75) is 241 Å². The average molecular weight is 1350 g/mol. The second kappa shape index (κ2) is 29.1. The van der Waals surface area contributed by atoms with E-state index in [1.807, 2.05) is 13.8 Å². The molecule has 0 bridgehead atoms. The fraction of sp³-hybridized carbons (Fsp3) is 0.893.